The van der Waals surface area contributed by atoms with Gasteiger partial charge in [0.05, 0.1) is 0 Å². The van der Waals surface area contributed by atoms with E-state index in [0.29, 0.717) is 0 Å². The molecule has 15 heavy (non-hydrogen) atoms. The van der Waals surface area contributed by atoms with Crippen LogP contribution in [0.2, 0.25) is 0 Å². The largest absolute Gasteiger partial charge is 0.312 e. The average Bonchev–Trinajstić information content (AvgIpc) is 2.78. The molecular weight excluding hydrogens is 184 g/mol. The summed E-state index contributed by atoms with van der Waals surface area (Å²) in [7, 11) is 0. The molecule has 3 fully saturated rings. The molecule has 2 nitrogen and oxygen atoms in total. The summed E-state index contributed by atoms with van der Waals surface area (Å²) in [4.78, 5) is 2.87. The Morgan fingerprint density at radius 2 is 1.73 bits per heavy atom. The van der Waals surface area contributed by atoms with Gasteiger partial charge in [0.2, 0.25) is 0 Å². The van der Waals surface area contributed by atoms with E-state index < -0.39 is 0 Å². The molecule has 0 spiro atoms. The number of hydrogen-bond acceptors (Lipinski definition) is 2. The van der Waals surface area contributed by atoms with Crippen LogP contribution in [0, 0.1) is 0 Å². The minimum atomic E-state index is 0.834. The highest BCUT2D eigenvalue weighted by atomic mass is 15.2. The molecule has 2 unspecified atom stereocenters. The van der Waals surface area contributed by atoms with E-state index >= 15 is 0 Å². The van der Waals surface area contributed by atoms with Crippen LogP contribution in [-0.2, 0) is 0 Å². The van der Waals surface area contributed by atoms with Crippen molar-refractivity contribution in [3.8, 4) is 0 Å². The third-order valence-corrected chi connectivity index (χ3v) is 4.71. The summed E-state index contributed by atoms with van der Waals surface area (Å²) in [6.45, 7) is 2.64. The van der Waals surface area contributed by atoms with E-state index in [0.717, 1.165) is 18.1 Å². The Kier molecular flexibility index (Phi) is 2.98. The van der Waals surface area contributed by atoms with Gasteiger partial charge in [-0.1, -0.05) is 19.3 Å². The zero-order chi connectivity index (χ0) is 10.1. The van der Waals surface area contributed by atoms with Crippen LogP contribution >= 0.6 is 0 Å². The van der Waals surface area contributed by atoms with Crippen LogP contribution in [0.1, 0.15) is 51.4 Å². The van der Waals surface area contributed by atoms with Crippen molar-refractivity contribution in [1.82, 2.24) is 10.2 Å². The van der Waals surface area contributed by atoms with Crippen molar-refractivity contribution in [3.63, 3.8) is 0 Å². The third-order valence-electron chi connectivity index (χ3n) is 4.71. The topological polar surface area (TPSA) is 15.3 Å². The zero-order valence-corrected chi connectivity index (χ0v) is 9.75. The molecule has 2 aliphatic heterocycles. The Bertz CT molecular complexity index is 211. The number of rotatable bonds is 1. The lowest BCUT2D eigenvalue weighted by Crippen LogP contribution is -2.53. The highest BCUT2D eigenvalue weighted by Crippen LogP contribution is 2.31. The first-order valence-electron chi connectivity index (χ1n) is 6.94. The van der Waals surface area contributed by atoms with E-state index in [2.05, 4.69) is 10.2 Å². The fourth-order valence-electron chi connectivity index (χ4n) is 3.97. The Balaban J connectivity index is 1.67. The second kappa shape index (κ2) is 4.42. The number of likely N-dealkylation sites (tertiary alicyclic amines) is 1. The van der Waals surface area contributed by atoms with E-state index in [-0.39, 0.29) is 0 Å². The number of fused-ring (bicyclic) bond motifs is 1. The van der Waals surface area contributed by atoms with Gasteiger partial charge in [0.15, 0.2) is 0 Å². The van der Waals surface area contributed by atoms with Gasteiger partial charge in [-0.3, -0.25) is 4.90 Å². The predicted molar refractivity (Wildman–Crippen MR) is 63.0 cm³/mol. The maximum Gasteiger partial charge on any atom is 0.0264 e. The van der Waals surface area contributed by atoms with Crippen LogP contribution < -0.4 is 5.32 Å². The van der Waals surface area contributed by atoms with Crippen LogP contribution in [-0.4, -0.2) is 36.1 Å². The highest BCUT2D eigenvalue weighted by Gasteiger charge is 2.37. The summed E-state index contributed by atoms with van der Waals surface area (Å²) < 4.78 is 0. The molecule has 0 aromatic heterocycles. The summed E-state index contributed by atoms with van der Waals surface area (Å²) in [5, 5.41) is 3.69. The standard InChI is InChI=1S/C13H24N2/c1-2-5-11(6-3-1)15-10-4-7-12-13(15)8-9-14-12/h11-14H,1-10H2. The van der Waals surface area contributed by atoms with Crippen molar-refractivity contribution >= 4 is 0 Å². The molecule has 1 saturated carbocycles. The summed E-state index contributed by atoms with van der Waals surface area (Å²) in [5.41, 5.74) is 0. The molecule has 2 heterocycles. The lowest BCUT2D eigenvalue weighted by molar-refractivity contribution is 0.0674. The van der Waals surface area contributed by atoms with Crippen molar-refractivity contribution in [3.05, 3.63) is 0 Å². The van der Waals surface area contributed by atoms with E-state index in [1.54, 1.807) is 0 Å². The fraction of sp³-hybridized carbons (Fsp3) is 1.00. The Labute approximate surface area is 93.4 Å². The van der Waals surface area contributed by atoms with Gasteiger partial charge in [0, 0.05) is 18.1 Å². The molecule has 0 amide bonds. The predicted octanol–water partition coefficient (Wildman–Crippen LogP) is 2.15. The first-order valence-corrected chi connectivity index (χ1v) is 6.94. The second-order valence-corrected chi connectivity index (χ2v) is 5.59. The maximum absolute atomic E-state index is 3.69. The Morgan fingerprint density at radius 3 is 2.60 bits per heavy atom. The van der Waals surface area contributed by atoms with Gasteiger partial charge in [-0.15, -0.1) is 0 Å². The quantitative estimate of drug-likeness (QED) is 0.710. The van der Waals surface area contributed by atoms with Gasteiger partial charge in [0.1, 0.15) is 0 Å². The normalized spacial score (nSPS) is 39.2. The molecule has 3 aliphatic rings. The first-order chi connectivity index (χ1) is 7.45. The molecule has 86 valence electrons. The van der Waals surface area contributed by atoms with Crippen molar-refractivity contribution in [1.29, 1.82) is 0 Å². The number of nitrogens with one attached hydrogen (secondary N) is 1. The molecule has 0 aromatic carbocycles. The minimum absolute atomic E-state index is 0.834. The van der Waals surface area contributed by atoms with Crippen LogP contribution in [0.3, 0.4) is 0 Å². The summed E-state index contributed by atoms with van der Waals surface area (Å²) in [5.74, 6) is 0. The van der Waals surface area contributed by atoms with Crippen LogP contribution in [0.5, 0.6) is 0 Å². The summed E-state index contributed by atoms with van der Waals surface area (Å²) in [6, 6.07) is 2.66. The smallest absolute Gasteiger partial charge is 0.0264 e. The second-order valence-electron chi connectivity index (χ2n) is 5.59. The highest BCUT2D eigenvalue weighted by molar-refractivity contribution is 4.96. The SMILES string of the molecule is C1CCC(N2CCCC3NCCC32)CC1. The summed E-state index contributed by atoms with van der Waals surface area (Å²) >= 11 is 0. The van der Waals surface area contributed by atoms with Gasteiger partial charge in [-0.25, -0.2) is 0 Å². The maximum atomic E-state index is 3.69. The lowest BCUT2D eigenvalue weighted by Gasteiger charge is -2.43. The van der Waals surface area contributed by atoms with E-state index in [4.69, 9.17) is 0 Å². The number of nitrogens with zero attached hydrogens (tertiary/aromatic N) is 1. The van der Waals surface area contributed by atoms with Gasteiger partial charge < -0.3 is 5.32 Å². The van der Waals surface area contributed by atoms with Crippen LogP contribution in [0.15, 0.2) is 0 Å². The van der Waals surface area contributed by atoms with Crippen molar-refractivity contribution in [2.24, 2.45) is 0 Å². The van der Waals surface area contributed by atoms with Crippen molar-refractivity contribution in [2.75, 3.05) is 13.1 Å². The molecule has 1 aliphatic carbocycles. The summed E-state index contributed by atoms with van der Waals surface area (Å²) in [6.07, 6.45) is 11.6. The molecule has 3 rings (SSSR count). The van der Waals surface area contributed by atoms with Crippen LogP contribution in [0.25, 0.3) is 0 Å². The fourth-order valence-corrected chi connectivity index (χ4v) is 3.97. The molecule has 0 bridgehead atoms. The van der Waals surface area contributed by atoms with Gasteiger partial charge in [-0.2, -0.15) is 0 Å². The van der Waals surface area contributed by atoms with Gasteiger partial charge in [0.25, 0.3) is 0 Å². The molecule has 1 N–H and O–H groups in total. The van der Waals surface area contributed by atoms with Gasteiger partial charge >= 0.3 is 0 Å². The zero-order valence-electron chi connectivity index (χ0n) is 9.75. The van der Waals surface area contributed by atoms with E-state index in [9.17, 15) is 0 Å². The molecule has 2 heteroatoms. The van der Waals surface area contributed by atoms with Crippen molar-refractivity contribution < 1.29 is 0 Å². The number of piperidine rings is 1. The van der Waals surface area contributed by atoms with E-state index in [1.807, 2.05) is 0 Å². The molecule has 2 saturated heterocycles. The van der Waals surface area contributed by atoms with Crippen molar-refractivity contribution in [2.45, 2.75) is 69.5 Å². The Morgan fingerprint density at radius 1 is 0.867 bits per heavy atom. The first kappa shape index (κ1) is 10.1. The molecule has 0 aromatic rings. The minimum Gasteiger partial charge on any atom is -0.312 e. The lowest BCUT2D eigenvalue weighted by atomic mass is 9.89. The van der Waals surface area contributed by atoms with Gasteiger partial charge in [-0.05, 0) is 45.2 Å². The molecule has 0 radical (unpaired) electrons. The molecule has 2 atom stereocenters. The molecular formula is C13H24N2. The monoisotopic (exact) mass is 208 g/mol. The third kappa shape index (κ3) is 1.94. The number of hydrogen-bond donors (Lipinski definition) is 1. The Hall–Kier alpha value is -0.0800. The average molecular weight is 208 g/mol. The van der Waals surface area contributed by atoms with Crippen LogP contribution in [0.4, 0.5) is 0 Å². The van der Waals surface area contributed by atoms with E-state index in [1.165, 1.54) is 64.5 Å².